The highest BCUT2D eigenvalue weighted by Gasteiger charge is 2.12. The number of rotatable bonds is 6. The molecule has 3 rings (SSSR count). The number of aromatic nitrogens is 2. The van der Waals surface area contributed by atoms with Gasteiger partial charge in [-0.05, 0) is 42.8 Å². The first kappa shape index (κ1) is 18.8. The molecule has 0 bridgehead atoms. The van der Waals surface area contributed by atoms with Gasteiger partial charge in [-0.2, -0.15) is 0 Å². The zero-order valence-electron chi connectivity index (χ0n) is 14.0. The van der Waals surface area contributed by atoms with Crippen LogP contribution in [0.2, 0.25) is 5.02 Å². The highest BCUT2D eigenvalue weighted by Crippen LogP contribution is 2.18. The Hall–Kier alpha value is -2.97. The summed E-state index contributed by atoms with van der Waals surface area (Å²) in [5.41, 5.74) is 0.898. The molecule has 2 heterocycles. The largest absolute Gasteiger partial charge is 0.328 e. The summed E-state index contributed by atoms with van der Waals surface area (Å²) in [6.07, 6.45) is 2.13. The fourth-order valence-corrected chi connectivity index (χ4v) is 3.11. The number of benzene rings is 1. The molecular formula is C18H15ClN4O3S. The van der Waals surface area contributed by atoms with Crippen LogP contribution in [0.1, 0.15) is 22.5 Å². The Bertz CT molecular complexity index is 1010. The van der Waals surface area contributed by atoms with Crippen molar-refractivity contribution in [2.75, 3.05) is 10.6 Å². The van der Waals surface area contributed by atoms with E-state index in [1.165, 1.54) is 23.6 Å². The van der Waals surface area contributed by atoms with Crippen molar-refractivity contribution >= 4 is 45.6 Å². The molecule has 9 heteroatoms. The lowest BCUT2D eigenvalue weighted by Crippen LogP contribution is -2.22. The third-order valence-corrected chi connectivity index (χ3v) is 4.63. The van der Waals surface area contributed by atoms with Crippen LogP contribution in [-0.4, -0.2) is 21.8 Å². The third-order valence-electron chi connectivity index (χ3n) is 3.57. The van der Waals surface area contributed by atoms with Gasteiger partial charge in [-0.3, -0.25) is 19.7 Å². The number of hydrogen-bond donors (Lipinski definition) is 3. The number of H-pyrrole nitrogens is 1. The van der Waals surface area contributed by atoms with E-state index in [0.717, 1.165) is 0 Å². The summed E-state index contributed by atoms with van der Waals surface area (Å²) in [5.74, 6) is -0.676. The zero-order valence-corrected chi connectivity index (χ0v) is 15.6. The van der Waals surface area contributed by atoms with E-state index in [4.69, 9.17) is 11.6 Å². The fourth-order valence-electron chi connectivity index (χ4n) is 2.24. The quantitative estimate of drug-likeness (QED) is 0.588. The molecule has 2 amide bonds. The second kappa shape index (κ2) is 8.61. The molecular weight excluding hydrogens is 388 g/mol. The number of nitrogens with zero attached hydrogens (tertiary/aromatic N) is 1. The van der Waals surface area contributed by atoms with Crippen LogP contribution in [0.5, 0.6) is 0 Å². The molecule has 138 valence electrons. The maximum Gasteiger partial charge on any atom is 0.263 e. The summed E-state index contributed by atoms with van der Waals surface area (Å²) in [5, 5.41) is 8.10. The number of anilines is 2. The molecule has 0 aliphatic heterocycles. The van der Waals surface area contributed by atoms with Crippen molar-refractivity contribution in [2.24, 2.45) is 0 Å². The minimum atomic E-state index is -0.529. The predicted octanol–water partition coefficient (Wildman–Crippen LogP) is 3.31. The Labute approximate surface area is 163 Å². The monoisotopic (exact) mass is 402 g/mol. The van der Waals surface area contributed by atoms with Gasteiger partial charge in [-0.1, -0.05) is 11.6 Å². The first-order chi connectivity index (χ1) is 13.0. The van der Waals surface area contributed by atoms with Crippen LogP contribution in [0, 0.1) is 0 Å². The highest BCUT2D eigenvalue weighted by molar-refractivity contribution is 7.14. The van der Waals surface area contributed by atoms with Crippen molar-refractivity contribution < 1.29 is 9.59 Å². The number of pyridine rings is 1. The van der Waals surface area contributed by atoms with E-state index in [2.05, 4.69) is 20.6 Å². The van der Waals surface area contributed by atoms with E-state index in [9.17, 15) is 14.4 Å². The van der Waals surface area contributed by atoms with E-state index in [1.54, 1.807) is 35.7 Å². The predicted molar refractivity (Wildman–Crippen MR) is 106 cm³/mol. The van der Waals surface area contributed by atoms with Gasteiger partial charge in [0.2, 0.25) is 5.91 Å². The van der Waals surface area contributed by atoms with E-state index in [-0.39, 0.29) is 17.9 Å². The van der Waals surface area contributed by atoms with Crippen molar-refractivity contribution in [1.29, 1.82) is 0 Å². The van der Waals surface area contributed by atoms with Gasteiger partial charge in [0.1, 0.15) is 5.56 Å². The molecule has 1 aromatic carbocycles. The summed E-state index contributed by atoms with van der Waals surface area (Å²) >= 11 is 7.04. The molecule has 0 saturated heterocycles. The standard InChI is InChI=1S/C18H15ClN4O3S/c19-11-3-5-12(6-4-11)21-15(24)8-7-13-10-27-18(22-13)23-17(26)14-2-1-9-20-16(14)25/h1-6,9-10H,7-8H2,(H,20,25)(H,21,24)(H,22,23,26). The Morgan fingerprint density at radius 3 is 2.67 bits per heavy atom. The number of aromatic amines is 1. The minimum absolute atomic E-state index is 0.0107. The van der Waals surface area contributed by atoms with Gasteiger partial charge in [-0.25, -0.2) is 4.98 Å². The Kier molecular flexibility index (Phi) is 6.00. The number of thiazole rings is 1. The lowest BCUT2D eigenvalue weighted by Gasteiger charge is -2.04. The molecule has 0 atom stereocenters. The molecule has 0 unspecified atom stereocenters. The lowest BCUT2D eigenvalue weighted by atomic mass is 10.2. The summed E-state index contributed by atoms with van der Waals surface area (Å²) in [6.45, 7) is 0. The molecule has 0 spiro atoms. The van der Waals surface area contributed by atoms with Crippen LogP contribution in [0.15, 0.2) is 52.8 Å². The summed E-state index contributed by atoms with van der Waals surface area (Å²) in [6, 6.07) is 9.85. The van der Waals surface area contributed by atoms with Crippen LogP contribution in [0.3, 0.4) is 0 Å². The number of hydrogen-bond acceptors (Lipinski definition) is 5. The summed E-state index contributed by atoms with van der Waals surface area (Å²) in [4.78, 5) is 42.4. The Balaban J connectivity index is 1.52. The normalized spacial score (nSPS) is 10.4. The number of carbonyl (C=O) groups is 2. The molecule has 3 aromatic rings. The van der Waals surface area contributed by atoms with Gasteiger partial charge in [0.25, 0.3) is 11.5 Å². The molecule has 0 aliphatic carbocycles. The van der Waals surface area contributed by atoms with Crippen LogP contribution in [0.4, 0.5) is 10.8 Å². The second-order valence-corrected chi connectivity index (χ2v) is 6.86. The SMILES string of the molecule is O=C(CCc1csc(NC(=O)c2ccc[nH]c2=O)n1)Nc1ccc(Cl)cc1. The average molecular weight is 403 g/mol. The number of halogens is 1. The molecule has 0 fully saturated rings. The van der Waals surface area contributed by atoms with Gasteiger partial charge >= 0.3 is 0 Å². The van der Waals surface area contributed by atoms with Crippen molar-refractivity contribution in [3.63, 3.8) is 0 Å². The Morgan fingerprint density at radius 2 is 1.93 bits per heavy atom. The molecule has 0 saturated carbocycles. The summed E-state index contributed by atoms with van der Waals surface area (Å²) < 4.78 is 0. The smallest absolute Gasteiger partial charge is 0.263 e. The second-order valence-electron chi connectivity index (χ2n) is 5.57. The first-order valence-electron chi connectivity index (χ1n) is 8.00. The molecule has 7 nitrogen and oxygen atoms in total. The maximum atomic E-state index is 12.1. The van der Waals surface area contributed by atoms with E-state index < -0.39 is 11.5 Å². The first-order valence-corrected chi connectivity index (χ1v) is 9.26. The number of amides is 2. The van der Waals surface area contributed by atoms with Crippen molar-refractivity contribution in [3.05, 3.63) is 74.6 Å². The molecule has 27 heavy (non-hydrogen) atoms. The zero-order chi connectivity index (χ0) is 19.2. The number of aryl methyl sites for hydroxylation is 1. The van der Waals surface area contributed by atoms with Gasteiger partial charge in [0.15, 0.2) is 5.13 Å². The van der Waals surface area contributed by atoms with Crippen LogP contribution in [0.25, 0.3) is 0 Å². The molecule has 0 radical (unpaired) electrons. The van der Waals surface area contributed by atoms with Crippen molar-refractivity contribution in [2.45, 2.75) is 12.8 Å². The van der Waals surface area contributed by atoms with Crippen molar-refractivity contribution in [1.82, 2.24) is 9.97 Å². The topological polar surface area (TPSA) is 104 Å². The van der Waals surface area contributed by atoms with Crippen LogP contribution in [-0.2, 0) is 11.2 Å². The molecule has 0 aliphatic rings. The highest BCUT2D eigenvalue weighted by atomic mass is 35.5. The van der Waals surface area contributed by atoms with Crippen LogP contribution >= 0.6 is 22.9 Å². The van der Waals surface area contributed by atoms with E-state index in [1.807, 2.05) is 0 Å². The van der Waals surface area contributed by atoms with E-state index >= 15 is 0 Å². The maximum absolute atomic E-state index is 12.1. The fraction of sp³-hybridized carbons (Fsp3) is 0.111. The van der Waals surface area contributed by atoms with Gasteiger partial charge in [-0.15, -0.1) is 11.3 Å². The van der Waals surface area contributed by atoms with E-state index in [0.29, 0.717) is 28.0 Å². The summed E-state index contributed by atoms with van der Waals surface area (Å²) in [7, 11) is 0. The van der Waals surface area contributed by atoms with Crippen LogP contribution < -0.4 is 16.2 Å². The lowest BCUT2D eigenvalue weighted by molar-refractivity contribution is -0.116. The number of carbonyl (C=O) groups excluding carboxylic acids is 2. The molecule has 2 aromatic heterocycles. The van der Waals surface area contributed by atoms with Gasteiger partial charge < -0.3 is 10.3 Å². The molecule has 3 N–H and O–H groups in total. The Morgan fingerprint density at radius 1 is 1.15 bits per heavy atom. The van der Waals surface area contributed by atoms with Crippen molar-refractivity contribution in [3.8, 4) is 0 Å². The van der Waals surface area contributed by atoms with Gasteiger partial charge in [0, 0.05) is 28.7 Å². The third kappa shape index (κ3) is 5.25. The number of nitrogens with one attached hydrogen (secondary N) is 3. The van der Waals surface area contributed by atoms with Gasteiger partial charge in [0.05, 0.1) is 5.69 Å². The average Bonchev–Trinajstić information content (AvgIpc) is 3.09. The minimum Gasteiger partial charge on any atom is -0.328 e.